The van der Waals surface area contributed by atoms with Crippen LogP contribution >= 0.6 is 0 Å². The maximum atomic E-state index is 12.5. The lowest BCUT2D eigenvalue weighted by molar-refractivity contribution is 0.0272. The molecule has 1 aliphatic rings. The first-order chi connectivity index (χ1) is 9.56. The number of hydrogen-bond acceptors (Lipinski definition) is 5. The molecule has 6 nitrogen and oxygen atoms in total. The van der Waals surface area contributed by atoms with E-state index in [0.29, 0.717) is 44.2 Å². The largest absolute Gasteiger partial charge is 0.379 e. The molecule has 0 spiro atoms. The highest BCUT2D eigenvalue weighted by Gasteiger charge is 2.22. The summed E-state index contributed by atoms with van der Waals surface area (Å²) in [5, 5.41) is 1.67. The first-order valence-electron chi connectivity index (χ1n) is 6.74. The molecule has 0 saturated carbocycles. The van der Waals surface area contributed by atoms with Crippen LogP contribution in [0.25, 0.3) is 0 Å². The van der Waals surface area contributed by atoms with Crippen LogP contribution in [0.1, 0.15) is 18.1 Å². The Bertz CT molecular complexity index is 554. The second-order valence-electron chi connectivity index (χ2n) is 4.69. The molecule has 1 heterocycles. The third kappa shape index (κ3) is 3.56. The molecule has 0 radical (unpaired) electrons. The van der Waals surface area contributed by atoms with E-state index in [9.17, 15) is 8.42 Å². The van der Waals surface area contributed by atoms with Crippen LogP contribution in [0.15, 0.2) is 23.1 Å². The van der Waals surface area contributed by atoms with Gasteiger partial charge >= 0.3 is 0 Å². The van der Waals surface area contributed by atoms with Crippen molar-refractivity contribution in [2.75, 3.05) is 26.3 Å². The lowest BCUT2D eigenvalue weighted by Crippen LogP contribution is -2.48. The lowest BCUT2D eigenvalue weighted by Gasteiger charge is -2.27. The SMILES string of the molecule is CCc1ccc(CN)cc1S(=O)(=O)NN1CCOCC1. The van der Waals surface area contributed by atoms with Gasteiger partial charge in [-0.25, -0.2) is 13.4 Å². The van der Waals surface area contributed by atoms with Crippen molar-refractivity contribution in [3.05, 3.63) is 29.3 Å². The van der Waals surface area contributed by atoms with Gasteiger partial charge < -0.3 is 10.5 Å². The second kappa shape index (κ2) is 6.64. The Morgan fingerprint density at radius 1 is 1.35 bits per heavy atom. The first-order valence-corrected chi connectivity index (χ1v) is 8.22. The highest BCUT2D eigenvalue weighted by atomic mass is 32.2. The molecule has 1 saturated heterocycles. The molecule has 0 amide bonds. The number of rotatable bonds is 5. The molecule has 20 heavy (non-hydrogen) atoms. The van der Waals surface area contributed by atoms with Crippen LogP contribution in [0.2, 0.25) is 0 Å². The molecule has 0 aliphatic carbocycles. The standard InChI is InChI=1S/C13H21N3O3S/c1-2-12-4-3-11(10-14)9-13(12)20(17,18)15-16-5-7-19-8-6-16/h3-4,9,15H,2,5-8,10,14H2,1H3. The van der Waals surface area contributed by atoms with Crippen molar-refractivity contribution in [2.24, 2.45) is 5.73 Å². The van der Waals surface area contributed by atoms with Gasteiger partial charge in [0.2, 0.25) is 0 Å². The zero-order valence-corrected chi connectivity index (χ0v) is 12.4. The van der Waals surface area contributed by atoms with Gasteiger partial charge in [0.1, 0.15) is 0 Å². The van der Waals surface area contributed by atoms with E-state index in [1.807, 2.05) is 19.1 Å². The number of nitrogens with zero attached hydrogens (tertiary/aromatic N) is 1. The molecule has 1 fully saturated rings. The van der Waals surface area contributed by atoms with E-state index in [0.717, 1.165) is 11.1 Å². The number of ether oxygens (including phenoxy) is 1. The highest BCUT2D eigenvalue weighted by Crippen LogP contribution is 2.19. The number of sulfonamides is 1. The van der Waals surface area contributed by atoms with Gasteiger partial charge in [-0.05, 0) is 23.6 Å². The van der Waals surface area contributed by atoms with Crippen LogP contribution in [-0.2, 0) is 27.7 Å². The molecule has 1 aromatic carbocycles. The summed E-state index contributed by atoms with van der Waals surface area (Å²) in [5.41, 5.74) is 7.20. The van der Waals surface area contributed by atoms with Gasteiger partial charge in [0, 0.05) is 19.6 Å². The van der Waals surface area contributed by atoms with Gasteiger partial charge in [-0.1, -0.05) is 19.1 Å². The van der Waals surface area contributed by atoms with E-state index in [4.69, 9.17) is 10.5 Å². The van der Waals surface area contributed by atoms with Crippen LogP contribution in [0.5, 0.6) is 0 Å². The third-order valence-corrected chi connectivity index (χ3v) is 4.76. The van der Waals surface area contributed by atoms with Gasteiger partial charge in [-0.2, -0.15) is 0 Å². The van der Waals surface area contributed by atoms with Crippen molar-refractivity contribution < 1.29 is 13.2 Å². The summed E-state index contributed by atoms with van der Waals surface area (Å²) in [6.45, 7) is 4.43. The molecule has 0 aromatic heterocycles. The Hall–Kier alpha value is -0.990. The van der Waals surface area contributed by atoms with Gasteiger partial charge in [0.25, 0.3) is 10.0 Å². The molecule has 7 heteroatoms. The molecule has 0 bridgehead atoms. The van der Waals surface area contributed by atoms with Crippen LogP contribution in [0, 0.1) is 0 Å². The van der Waals surface area contributed by atoms with Gasteiger partial charge in [-0.15, -0.1) is 4.83 Å². The third-order valence-electron chi connectivity index (χ3n) is 3.30. The van der Waals surface area contributed by atoms with Crippen LogP contribution in [0.3, 0.4) is 0 Å². The number of nitrogens with one attached hydrogen (secondary N) is 1. The van der Waals surface area contributed by atoms with Crippen molar-refractivity contribution in [3.8, 4) is 0 Å². The average Bonchev–Trinajstić information content (AvgIpc) is 2.47. The fraction of sp³-hybridized carbons (Fsp3) is 0.538. The fourth-order valence-electron chi connectivity index (χ4n) is 2.14. The van der Waals surface area contributed by atoms with Gasteiger partial charge in [-0.3, -0.25) is 0 Å². The summed E-state index contributed by atoms with van der Waals surface area (Å²) in [5.74, 6) is 0. The molecule has 3 N–H and O–H groups in total. The molecular formula is C13H21N3O3S. The van der Waals surface area contributed by atoms with Crippen LogP contribution < -0.4 is 10.6 Å². The van der Waals surface area contributed by atoms with E-state index in [2.05, 4.69) is 4.83 Å². The smallest absolute Gasteiger partial charge is 0.253 e. The van der Waals surface area contributed by atoms with Crippen molar-refractivity contribution >= 4 is 10.0 Å². The summed E-state index contributed by atoms with van der Waals surface area (Å²) in [4.78, 5) is 2.94. The normalized spacial score (nSPS) is 17.3. The number of benzene rings is 1. The second-order valence-corrected chi connectivity index (χ2v) is 6.32. The predicted octanol–water partition coefficient (Wildman–Crippen LogP) is 0.233. The zero-order valence-electron chi connectivity index (χ0n) is 11.6. The Morgan fingerprint density at radius 2 is 2.05 bits per heavy atom. The summed E-state index contributed by atoms with van der Waals surface area (Å²) in [7, 11) is -3.57. The van der Waals surface area contributed by atoms with Crippen molar-refractivity contribution in [2.45, 2.75) is 24.8 Å². The summed E-state index contributed by atoms with van der Waals surface area (Å²) in [6, 6.07) is 5.35. The summed E-state index contributed by atoms with van der Waals surface area (Å²) < 4.78 is 30.2. The van der Waals surface area contributed by atoms with E-state index in [1.54, 1.807) is 11.1 Å². The maximum Gasteiger partial charge on any atom is 0.253 e. The van der Waals surface area contributed by atoms with E-state index in [1.165, 1.54) is 0 Å². The molecule has 112 valence electrons. The number of morpholine rings is 1. The lowest BCUT2D eigenvalue weighted by atomic mass is 10.1. The zero-order chi connectivity index (χ0) is 14.6. The minimum atomic E-state index is -3.57. The van der Waals surface area contributed by atoms with Crippen LogP contribution in [0.4, 0.5) is 0 Å². The highest BCUT2D eigenvalue weighted by molar-refractivity contribution is 7.89. The predicted molar refractivity (Wildman–Crippen MR) is 76.4 cm³/mol. The average molecular weight is 299 g/mol. The fourth-order valence-corrected chi connectivity index (χ4v) is 3.63. The number of aryl methyl sites for hydroxylation is 1. The Morgan fingerprint density at radius 3 is 2.65 bits per heavy atom. The van der Waals surface area contributed by atoms with E-state index >= 15 is 0 Å². The summed E-state index contributed by atoms with van der Waals surface area (Å²) in [6.07, 6.45) is 0.657. The molecule has 0 atom stereocenters. The number of hydrazine groups is 1. The van der Waals surface area contributed by atoms with E-state index < -0.39 is 10.0 Å². The summed E-state index contributed by atoms with van der Waals surface area (Å²) >= 11 is 0. The molecule has 0 unspecified atom stereocenters. The molecule has 1 aromatic rings. The van der Waals surface area contributed by atoms with E-state index in [-0.39, 0.29) is 0 Å². The Balaban J connectivity index is 2.27. The number of hydrogen-bond donors (Lipinski definition) is 2. The maximum absolute atomic E-state index is 12.5. The van der Waals surface area contributed by atoms with Crippen molar-refractivity contribution in [1.82, 2.24) is 9.84 Å². The minimum Gasteiger partial charge on any atom is -0.379 e. The topological polar surface area (TPSA) is 84.7 Å². The van der Waals surface area contributed by atoms with Gasteiger partial charge in [0.05, 0.1) is 18.1 Å². The quantitative estimate of drug-likeness (QED) is 0.813. The van der Waals surface area contributed by atoms with Crippen molar-refractivity contribution in [1.29, 1.82) is 0 Å². The number of nitrogens with two attached hydrogens (primary N) is 1. The first kappa shape index (κ1) is 15.4. The minimum absolute atomic E-state index is 0.314. The Labute approximate surface area is 119 Å². The van der Waals surface area contributed by atoms with Crippen molar-refractivity contribution in [3.63, 3.8) is 0 Å². The molecule has 2 rings (SSSR count). The molecular weight excluding hydrogens is 278 g/mol. The van der Waals surface area contributed by atoms with Crippen LogP contribution in [-0.4, -0.2) is 39.7 Å². The van der Waals surface area contributed by atoms with Gasteiger partial charge in [0.15, 0.2) is 0 Å². The monoisotopic (exact) mass is 299 g/mol. The molecule has 1 aliphatic heterocycles. The Kier molecular flexibility index (Phi) is 5.11.